The molecular formula is C64H94N4. The smallest absolute Gasteiger partial charge is 0.0240 e. The summed E-state index contributed by atoms with van der Waals surface area (Å²) in [6.45, 7) is 32.0. The van der Waals surface area contributed by atoms with Gasteiger partial charge in [0.25, 0.3) is 0 Å². The van der Waals surface area contributed by atoms with Crippen molar-refractivity contribution in [2.24, 2.45) is 0 Å². The summed E-state index contributed by atoms with van der Waals surface area (Å²) in [5, 5.41) is 8.36. The molecule has 6 rings (SSSR count). The van der Waals surface area contributed by atoms with Gasteiger partial charge < -0.3 is 0 Å². The van der Waals surface area contributed by atoms with E-state index in [-0.39, 0.29) is 0 Å². The fourth-order valence-corrected chi connectivity index (χ4v) is 10.9. The van der Waals surface area contributed by atoms with E-state index in [1.165, 1.54) is 180 Å². The van der Waals surface area contributed by atoms with Crippen LogP contribution < -0.4 is 0 Å². The third-order valence-corrected chi connectivity index (χ3v) is 14.9. The summed E-state index contributed by atoms with van der Waals surface area (Å²) >= 11 is 0. The summed E-state index contributed by atoms with van der Waals surface area (Å²) in [5.41, 5.74) is 11.7. The van der Waals surface area contributed by atoms with Gasteiger partial charge in [0.1, 0.15) is 0 Å². The molecule has 4 heteroatoms. The molecule has 0 saturated heterocycles. The molecule has 0 unspecified atom stereocenters. The Hall–Kier alpha value is -3.80. The van der Waals surface area contributed by atoms with Gasteiger partial charge in [0.05, 0.1) is 0 Å². The van der Waals surface area contributed by atoms with Gasteiger partial charge in [0.2, 0.25) is 0 Å². The van der Waals surface area contributed by atoms with Crippen molar-refractivity contribution >= 4 is 32.3 Å². The molecule has 6 aromatic rings. The molecule has 0 spiro atoms. The second-order valence-corrected chi connectivity index (χ2v) is 20.5. The zero-order chi connectivity index (χ0) is 48.1. The minimum absolute atomic E-state index is 1.000. The zero-order valence-corrected chi connectivity index (χ0v) is 44.7. The average Bonchev–Trinajstić information content (AvgIpc) is 3.36. The molecule has 0 aliphatic rings. The van der Waals surface area contributed by atoms with Gasteiger partial charge in [-0.2, -0.15) is 0 Å². The number of benzene rings is 6. The highest BCUT2D eigenvalue weighted by atomic mass is 15.1. The molecule has 0 aliphatic carbocycles. The highest BCUT2D eigenvalue weighted by Gasteiger charge is 2.23. The largest absolute Gasteiger partial charge is 0.299 e. The minimum atomic E-state index is 1.000. The predicted octanol–water partition coefficient (Wildman–Crippen LogP) is 17.5. The third-order valence-electron chi connectivity index (χ3n) is 14.9. The van der Waals surface area contributed by atoms with Gasteiger partial charge >= 0.3 is 0 Å². The molecule has 0 fully saturated rings. The van der Waals surface area contributed by atoms with Crippen molar-refractivity contribution in [3.8, 4) is 22.3 Å². The lowest BCUT2D eigenvalue weighted by molar-refractivity contribution is 0.254. The first-order chi connectivity index (χ1) is 33.4. The van der Waals surface area contributed by atoms with Gasteiger partial charge in [0.15, 0.2) is 0 Å². The van der Waals surface area contributed by atoms with E-state index < -0.39 is 0 Å². The molecule has 0 N–H and O–H groups in total. The van der Waals surface area contributed by atoms with Crippen LogP contribution in [-0.2, 0) is 26.2 Å². The van der Waals surface area contributed by atoms with Crippen molar-refractivity contribution < 1.29 is 0 Å². The third kappa shape index (κ3) is 14.2. The number of hydrogen-bond donors (Lipinski definition) is 0. The summed E-state index contributed by atoms with van der Waals surface area (Å²) in [4.78, 5) is 11.0. The molecule has 0 aromatic heterocycles. The fraction of sp³-hybridized carbons (Fsp3) is 0.562. The molecule has 0 heterocycles. The van der Waals surface area contributed by atoms with E-state index in [0.717, 1.165) is 78.5 Å². The molecule has 6 aromatic carbocycles. The van der Waals surface area contributed by atoms with E-state index >= 15 is 0 Å². The molecule has 0 bridgehead atoms. The zero-order valence-electron chi connectivity index (χ0n) is 44.7. The second kappa shape index (κ2) is 28.8. The van der Waals surface area contributed by atoms with Crippen LogP contribution in [0.5, 0.6) is 0 Å². The van der Waals surface area contributed by atoms with Crippen LogP contribution in [0.15, 0.2) is 84.9 Å². The van der Waals surface area contributed by atoms with Gasteiger partial charge in [-0.05, 0) is 181 Å². The lowest BCUT2D eigenvalue weighted by Gasteiger charge is -2.28. The van der Waals surface area contributed by atoms with Crippen molar-refractivity contribution in [2.75, 3.05) is 52.4 Å². The molecule has 0 aliphatic heterocycles. The van der Waals surface area contributed by atoms with Crippen molar-refractivity contribution in [1.29, 1.82) is 0 Å². The van der Waals surface area contributed by atoms with E-state index in [4.69, 9.17) is 0 Å². The Morgan fingerprint density at radius 2 is 0.515 bits per heavy atom. The standard InChI is InChI=1S/C64H94N4/c1-9-17-39-65(40-18-10-2)47-53-27-25-28-54(48-66(41-19-11-3)42-20-12-4)61(53)57-35-31-51-34-38-60-58(36-32-52-33-37-59(57)63(51)64(52)60)62-55(49-67(43-21-13-5)44-22-14-6)29-26-30-56(62)50-68(45-23-15-7)46-24-16-8/h25-38H,9-24,39-50H2,1-8H3. The molecule has 0 saturated carbocycles. The lowest BCUT2D eigenvalue weighted by atomic mass is 9.83. The Bertz CT molecular complexity index is 2080. The predicted molar refractivity (Wildman–Crippen MR) is 301 cm³/mol. The van der Waals surface area contributed by atoms with Crippen LogP contribution in [0.4, 0.5) is 0 Å². The fourth-order valence-electron chi connectivity index (χ4n) is 10.9. The van der Waals surface area contributed by atoms with Crippen molar-refractivity contribution in [3.05, 3.63) is 107 Å². The summed E-state index contributed by atoms with van der Waals surface area (Å²) in [7, 11) is 0. The monoisotopic (exact) mass is 919 g/mol. The van der Waals surface area contributed by atoms with Crippen LogP contribution in [0.25, 0.3) is 54.6 Å². The normalized spacial score (nSPS) is 12.2. The lowest BCUT2D eigenvalue weighted by Crippen LogP contribution is -2.27. The van der Waals surface area contributed by atoms with Gasteiger partial charge in [-0.1, -0.05) is 192 Å². The number of hydrogen-bond acceptors (Lipinski definition) is 4. The molecule has 4 nitrogen and oxygen atoms in total. The van der Waals surface area contributed by atoms with E-state index in [1.54, 1.807) is 0 Å². The highest BCUT2D eigenvalue weighted by Crippen LogP contribution is 2.45. The first kappa shape index (κ1) is 53.5. The second-order valence-electron chi connectivity index (χ2n) is 20.5. The summed E-state index contributed by atoms with van der Waals surface area (Å²) < 4.78 is 0. The van der Waals surface area contributed by atoms with Crippen molar-refractivity contribution in [3.63, 3.8) is 0 Å². The van der Waals surface area contributed by atoms with Crippen LogP contribution in [0.2, 0.25) is 0 Å². The summed E-state index contributed by atoms with van der Waals surface area (Å²) in [6.07, 6.45) is 19.8. The molecule has 0 radical (unpaired) electrons. The molecule has 0 amide bonds. The first-order valence-corrected chi connectivity index (χ1v) is 28.2. The quantitative estimate of drug-likeness (QED) is 0.0374. The number of rotatable bonds is 34. The first-order valence-electron chi connectivity index (χ1n) is 28.2. The van der Waals surface area contributed by atoms with Crippen molar-refractivity contribution in [2.45, 2.75) is 184 Å². The summed E-state index contributed by atoms with van der Waals surface area (Å²) in [5.74, 6) is 0. The SMILES string of the molecule is CCCCN(CCCC)Cc1cccc(CN(CCCC)CCCC)c1-c1ccc2ccc3c(-c4c(CN(CCCC)CCCC)cccc4CN(CCCC)CCCC)ccc4ccc1c2c43. The van der Waals surface area contributed by atoms with Crippen LogP contribution >= 0.6 is 0 Å². The molecule has 370 valence electrons. The van der Waals surface area contributed by atoms with Crippen molar-refractivity contribution in [1.82, 2.24) is 19.6 Å². The van der Waals surface area contributed by atoms with E-state index in [1.807, 2.05) is 0 Å². The Kier molecular flexibility index (Phi) is 22.7. The Morgan fingerprint density at radius 3 is 0.750 bits per heavy atom. The maximum Gasteiger partial charge on any atom is 0.0240 e. The average molecular weight is 919 g/mol. The van der Waals surface area contributed by atoms with Gasteiger partial charge in [-0.3, -0.25) is 19.6 Å². The molecule has 0 atom stereocenters. The van der Waals surface area contributed by atoms with Crippen LogP contribution in [0.1, 0.15) is 180 Å². The minimum Gasteiger partial charge on any atom is -0.299 e. The number of unbranched alkanes of at least 4 members (excludes halogenated alkanes) is 8. The summed E-state index contributed by atoms with van der Waals surface area (Å²) in [6, 6.07) is 34.4. The van der Waals surface area contributed by atoms with Crippen LogP contribution in [0, 0.1) is 0 Å². The Balaban J connectivity index is 1.58. The topological polar surface area (TPSA) is 13.0 Å². The van der Waals surface area contributed by atoms with Crippen LogP contribution in [0.3, 0.4) is 0 Å². The van der Waals surface area contributed by atoms with E-state index in [2.05, 4.69) is 160 Å². The van der Waals surface area contributed by atoms with Gasteiger partial charge in [-0.25, -0.2) is 0 Å². The Morgan fingerprint density at radius 1 is 0.279 bits per heavy atom. The van der Waals surface area contributed by atoms with E-state index in [0.29, 0.717) is 0 Å². The number of nitrogens with zero attached hydrogens (tertiary/aromatic N) is 4. The maximum absolute atomic E-state index is 2.76. The van der Waals surface area contributed by atoms with Gasteiger partial charge in [0, 0.05) is 26.2 Å². The highest BCUT2D eigenvalue weighted by molar-refractivity contribution is 6.27. The molecular weight excluding hydrogens is 825 g/mol. The molecule has 68 heavy (non-hydrogen) atoms. The van der Waals surface area contributed by atoms with E-state index in [9.17, 15) is 0 Å². The van der Waals surface area contributed by atoms with Crippen LogP contribution in [-0.4, -0.2) is 72.0 Å². The Labute approximate surface area is 416 Å². The maximum atomic E-state index is 2.76. The van der Waals surface area contributed by atoms with Gasteiger partial charge in [-0.15, -0.1) is 0 Å².